The Balaban J connectivity index is 0.000000273. The molecule has 9 heteroatoms. The number of ether oxygens (including phenoxy) is 2. The molecule has 152 valence electrons. The average molecular weight is 374 g/mol. The van der Waals surface area contributed by atoms with Crippen molar-refractivity contribution in [2.45, 2.75) is 20.3 Å². The third-order valence-corrected chi connectivity index (χ3v) is 4.17. The van der Waals surface area contributed by atoms with Crippen molar-refractivity contribution in [1.82, 2.24) is 20.0 Å². The smallest absolute Gasteiger partial charge is 0.409 e. The van der Waals surface area contributed by atoms with Crippen LogP contribution in [0.15, 0.2) is 0 Å². The molecule has 0 aliphatic carbocycles. The number of hydrogen-bond acceptors (Lipinski definition) is 7. The van der Waals surface area contributed by atoms with Crippen molar-refractivity contribution < 1.29 is 24.2 Å². The van der Waals surface area contributed by atoms with E-state index in [0.29, 0.717) is 13.2 Å². The van der Waals surface area contributed by atoms with Gasteiger partial charge in [-0.2, -0.15) is 0 Å². The van der Waals surface area contributed by atoms with Crippen LogP contribution in [0.4, 0.5) is 9.59 Å². The second-order valence-corrected chi connectivity index (χ2v) is 6.04. The van der Waals surface area contributed by atoms with Crippen molar-refractivity contribution >= 4 is 12.2 Å². The second kappa shape index (κ2) is 13.6. The zero-order chi connectivity index (χ0) is 19.2. The first-order valence-corrected chi connectivity index (χ1v) is 9.49. The van der Waals surface area contributed by atoms with Crippen LogP contribution in [-0.2, 0) is 9.47 Å². The van der Waals surface area contributed by atoms with Crippen LogP contribution >= 0.6 is 0 Å². The lowest BCUT2D eigenvalue weighted by molar-refractivity contribution is 0.0778. The molecule has 0 spiro atoms. The van der Waals surface area contributed by atoms with Crippen LogP contribution in [-0.4, -0.2) is 111 Å². The largest absolute Gasteiger partial charge is 0.450 e. The van der Waals surface area contributed by atoms with E-state index in [0.717, 1.165) is 65.3 Å². The number of piperazine rings is 2. The van der Waals surface area contributed by atoms with E-state index in [2.05, 4.69) is 10.2 Å². The van der Waals surface area contributed by atoms with E-state index in [1.165, 1.54) is 0 Å². The summed E-state index contributed by atoms with van der Waals surface area (Å²) in [7, 11) is 0. The fraction of sp³-hybridized carbons (Fsp3) is 0.882. The molecule has 0 aromatic rings. The molecule has 2 N–H and O–H groups in total. The Morgan fingerprint density at radius 2 is 1.38 bits per heavy atom. The molecular formula is C17H34N4O5. The van der Waals surface area contributed by atoms with Gasteiger partial charge in [-0.1, -0.05) is 0 Å². The van der Waals surface area contributed by atoms with E-state index in [9.17, 15) is 9.59 Å². The molecule has 0 bridgehead atoms. The third-order valence-electron chi connectivity index (χ3n) is 4.17. The number of carbonyl (C=O) groups is 2. The van der Waals surface area contributed by atoms with Gasteiger partial charge in [-0.15, -0.1) is 0 Å². The van der Waals surface area contributed by atoms with Gasteiger partial charge >= 0.3 is 12.2 Å². The summed E-state index contributed by atoms with van der Waals surface area (Å²) in [6.07, 6.45) is 0.410. The van der Waals surface area contributed by atoms with Crippen LogP contribution in [0.25, 0.3) is 0 Å². The van der Waals surface area contributed by atoms with Gasteiger partial charge in [-0.25, -0.2) is 9.59 Å². The SMILES string of the molecule is CCOC(=O)N1CCN(CCCO)CC1.CCOC(=O)N1CCNCC1. The van der Waals surface area contributed by atoms with E-state index in [4.69, 9.17) is 14.6 Å². The molecule has 0 aromatic heterocycles. The van der Waals surface area contributed by atoms with Gasteiger partial charge in [-0.3, -0.25) is 4.90 Å². The molecular weight excluding hydrogens is 340 g/mol. The molecule has 2 saturated heterocycles. The molecule has 0 unspecified atom stereocenters. The van der Waals surface area contributed by atoms with Crippen molar-refractivity contribution in [3.63, 3.8) is 0 Å². The summed E-state index contributed by atoms with van der Waals surface area (Å²) in [5.41, 5.74) is 0. The van der Waals surface area contributed by atoms with E-state index in [1.807, 2.05) is 13.8 Å². The Bertz CT molecular complexity index is 397. The number of amides is 2. The standard InChI is InChI=1S/C10H20N2O3.C7H14N2O2/c1-2-15-10(14)12-7-5-11(6-8-12)4-3-9-13;1-2-11-7(10)9-5-3-8-4-6-9/h13H,2-9H2,1H3;8H,2-6H2,1H3. The zero-order valence-corrected chi connectivity index (χ0v) is 16.1. The van der Waals surface area contributed by atoms with Crippen LogP contribution in [0.3, 0.4) is 0 Å². The fourth-order valence-electron chi connectivity index (χ4n) is 2.73. The summed E-state index contributed by atoms with van der Waals surface area (Å²) in [6, 6.07) is 0. The summed E-state index contributed by atoms with van der Waals surface area (Å²) >= 11 is 0. The van der Waals surface area contributed by atoms with Gasteiger partial charge in [-0.05, 0) is 20.3 Å². The number of rotatable bonds is 5. The topological polar surface area (TPSA) is 94.6 Å². The average Bonchev–Trinajstić information content (AvgIpc) is 2.68. The molecule has 0 saturated carbocycles. The minimum atomic E-state index is -0.209. The van der Waals surface area contributed by atoms with E-state index >= 15 is 0 Å². The summed E-state index contributed by atoms with van der Waals surface area (Å²) in [5, 5.41) is 11.9. The number of nitrogens with one attached hydrogen (secondary N) is 1. The highest BCUT2D eigenvalue weighted by atomic mass is 16.6. The highest BCUT2D eigenvalue weighted by Crippen LogP contribution is 2.04. The lowest BCUT2D eigenvalue weighted by atomic mass is 10.3. The number of carbonyl (C=O) groups excluding carboxylic acids is 2. The highest BCUT2D eigenvalue weighted by molar-refractivity contribution is 5.68. The molecule has 2 fully saturated rings. The molecule has 0 atom stereocenters. The molecule has 26 heavy (non-hydrogen) atoms. The molecule has 0 radical (unpaired) electrons. The van der Waals surface area contributed by atoms with E-state index in [1.54, 1.807) is 9.80 Å². The monoisotopic (exact) mass is 374 g/mol. The van der Waals surface area contributed by atoms with E-state index in [-0.39, 0.29) is 18.8 Å². The molecule has 9 nitrogen and oxygen atoms in total. The second-order valence-electron chi connectivity index (χ2n) is 6.04. The predicted octanol–water partition coefficient (Wildman–Crippen LogP) is 0.191. The molecule has 2 amide bonds. The van der Waals surface area contributed by atoms with Crippen molar-refractivity contribution in [2.24, 2.45) is 0 Å². The van der Waals surface area contributed by atoms with Gasteiger partial charge < -0.3 is 29.7 Å². The lowest BCUT2D eigenvalue weighted by Gasteiger charge is -2.33. The fourth-order valence-corrected chi connectivity index (χ4v) is 2.73. The summed E-state index contributed by atoms with van der Waals surface area (Å²) in [5.74, 6) is 0. The first-order chi connectivity index (χ1) is 12.6. The molecule has 2 heterocycles. The maximum atomic E-state index is 11.4. The van der Waals surface area contributed by atoms with E-state index < -0.39 is 0 Å². The first kappa shape index (κ1) is 22.5. The van der Waals surface area contributed by atoms with Gasteiger partial charge in [0.05, 0.1) is 13.2 Å². The molecule has 2 rings (SSSR count). The van der Waals surface area contributed by atoms with Crippen molar-refractivity contribution in [2.75, 3.05) is 78.7 Å². The predicted molar refractivity (Wildman–Crippen MR) is 98.2 cm³/mol. The number of nitrogens with zero attached hydrogens (tertiary/aromatic N) is 3. The van der Waals surface area contributed by atoms with Gasteiger partial charge in [0, 0.05) is 65.5 Å². The van der Waals surface area contributed by atoms with Crippen LogP contribution in [0.2, 0.25) is 0 Å². The van der Waals surface area contributed by atoms with Crippen LogP contribution in [0, 0.1) is 0 Å². The minimum Gasteiger partial charge on any atom is -0.450 e. The Morgan fingerprint density at radius 1 is 0.885 bits per heavy atom. The summed E-state index contributed by atoms with van der Waals surface area (Å²) in [6.45, 7) is 12.1. The Hall–Kier alpha value is -1.58. The Labute approximate surface area is 156 Å². The zero-order valence-electron chi connectivity index (χ0n) is 16.1. The molecule has 2 aliphatic heterocycles. The highest BCUT2D eigenvalue weighted by Gasteiger charge is 2.21. The number of aliphatic hydroxyl groups excluding tert-OH is 1. The van der Waals surface area contributed by atoms with Gasteiger partial charge in [0.2, 0.25) is 0 Å². The molecule has 0 aromatic carbocycles. The van der Waals surface area contributed by atoms with Gasteiger partial charge in [0.25, 0.3) is 0 Å². The normalized spacial score (nSPS) is 18.0. The van der Waals surface area contributed by atoms with Crippen molar-refractivity contribution in [3.05, 3.63) is 0 Å². The quantitative estimate of drug-likeness (QED) is 0.709. The summed E-state index contributed by atoms with van der Waals surface area (Å²) in [4.78, 5) is 28.2. The van der Waals surface area contributed by atoms with Gasteiger partial charge in [0.15, 0.2) is 0 Å². The summed E-state index contributed by atoms with van der Waals surface area (Å²) < 4.78 is 9.77. The number of hydrogen-bond donors (Lipinski definition) is 2. The Morgan fingerprint density at radius 3 is 1.85 bits per heavy atom. The first-order valence-electron chi connectivity index (χ1n) is 9.49. The van der Waals surface area contributed by atoms with Crippen LogP contribution < -0.4 is 5.32 Å². The molecule has 2 aliphatic rings. The van der Waals surface area contributed by atoms with Crippen LogP contribution in [0.1, 0.15) is 20.3 Å². The van der Waals surface area contributed by atoms with Crippen molar-refractivity contribution in [3.8, 4) is 0 Å². The van der Waals surface area contributed by atoms with Crippen LogP contribution in [0.5, 0.6) is 0 Å². The minimum absolute atomic E-state index is 0.186. The van der Waals surface area contributed by atoms with Crippen molar-refractivity contribution in [1.29, 1.82) is 0 Å². The Kier molecular flexibility index (Phi) is 11.7. The van der Waals surface area contributed by atoms with Gasteiger partial charge in [0.1, 0.15) is 0 Å². The maximum Gasteiger partial charge on any atom is 0.409 e. The maximum absolute atomic E-state index is 11.4. The third kappa shape index (κ3) is 8.68. The lowest BCUT2D eigenvalue weighted by Crippen LogP contribution is -2.49. The number of aliphatic hydroxyl groups is 1.